The Balaban J connectivity index is 1.60. The fourth-order valence-electron chi connectivity index (χ4n) is 3.52. The molecule has 6 nitrogen and oxygen atoms in total. The van der Waals surface area contributed by atoms with Gasteiger partial charge in [0.1, 0.15) is 5.75 Å². The molecular formula is C27H24N2O4. The molecule has 0 amide bonds. The molecule has 166 valence electrons. The summed E-state index contributed by atoms with van der Waals surface area (Å²) < 4.78 is 11.6. The Bertz CT molecular complexity index is 1280. The molecule has 1 heterocycles. The van der Waals surface area contributed by atoms with Crippen LogP contribution >= 0.6 is 0 Å². The summed E-state index contributed by atoms with van der Waals surface area (Å²) in [5.41, 5.74) is 4.27. The normalized spacial score (nSPS) is 10.6. The lowest BCUT2D eigenvalue weighted by molar-refractivity contribution is -0.142. The quantitative estimate of drug-likeness (QED) is 0.381. The number of carbonyl (C=O) groups excluding carboxylic acids is 1. The fraction of sp³-hybridized carbons (Fsp3) is 0.148. The summed E-state index contributed by atoms with van der Waals surface area (Å²) in [5, 5.41) is 4.74. The summed E-state index contributed by atoms with van der Waals surface area (Å²) in [4.78, 5) is 24.2. The number of hydrogen-bond donors (Lipinski definition) is 0. The Hall–Kier alpha value is -4.19. The van der Waals surface area contributed by atoms with Gasteiger partial charge in [-0.1, -0.05) is 72.8 Å². The first kappa shape index (κ1) is 22.0. The second-order valence-electron chi connectivity index (χ2n) is 7.46. The van der Waals surface area contributed by atoms with Gasteiger partial charge < -0.3 is 9.47 Å². The van der Waals surface area contributed by atoms with Gasteiger partial charge in [-0.2, -0.15) is 5.10 Å². The van der Waals surface area contributed by atoms with Gasteiger partial charge in [0, 0.05) is 23.7 Å². The van der Waals surface area contributed by atoms with Crippen molar-refractivity contribution in [1.29, 1.82) is 0 Å². The Morgan fingerprint density at radius 1 is 0.879 bits per heavy atom. The highest BCUT2D eigenvalue weighted by Gasteiger charge is 2.13. The largest absolute Gasteiger partial charge is 0.482 e. The zero-order valence-corrected chi connectivity index (χ0v) is 18.3. The second kappa shape index (κ2) is 10.4. The summed E-state index contributed by atoms with van der Waals surface area (Å²) in [5.74, 6) is 0.130. The lowest BCUT2D eigenvalue weighted by atomic mass is 10.0. The van der Waals surface area contributed by atoms with Crippen molar-refractivity contribution in [3.8, 4) is 28.1 Å². The van der Waals surface area contributed by atoms with Gasteiger partial charge in [0.25, 0.3) is 5.56 Å². The van der Waals surface area contributed by atoms with Gasteiger partial charge in [-0.05, 0) is 29.7 Å². The third-order valence-corrected chi connectivity index (χ3v) is 5.23. The van der Waals surface area contributed by atoms with Crippen molar-refractivity contribution in [1.82, 2.24) is 9.78 Å². The smallest absolute Gasteiger partial charge is 0.343 e. The zero-order chi connectivity index (χ0) is 23.0. The van der Waals surface area contributed by atoms with E-state index in [2.05, 4.69) is 4.74 Å². The first-order chi connectivity index (χ1) is 16.1. The van der Waals surface area contributed by atoms with E-state index >= 15 is 0 Å². The summed E-state index contributed by atoms with van der Waals surface area (Å²) in [7, 11) is 1.32. The maximum atomic E-state index is 12.9. The molecular weight excluding hydrogens is 416 g/mol. The van der Waals surface area contributed by atoms with E-state index in [1.807, 2.05) is 78.9 Å². The van der Waals surface area contributed by atoms with E-state index < -0.39 is 5.97 Å². The van der Waals surface area contributed by atoms with Crippen molar-refractivity contribution >= 4 is 5.97 Å². The lowest BCUT2D eigenvalue weighted by Crippen LogP contribution is -2.24. The molecule has 1 aromatic heterocycles. The van der Waals surface area contributed by atoms with Crippen LogP contribution in [0.3, 0.4) is 0 Å². The maximum absolute atomic E-state index is 12.9. The molecule has 4 aromatic rings. The second-order valence-corrected chi connectivity index (χ2v) is 7.46. The molecule has 4 rings (SSSR count). The predicted octanol–water partition coefficient (Wildman–Crippen LogP) is 4.37. The lowest BCUT2D eigenvalue weighted by Gasteiger charge is -2.13. The average Bonchev–Trinajstić information content (AvgIpc) is 2.87. The first-order valence-electron chi connectivity index (χ1n) is 10.7. The highest BCUT2D eigenvalue weighted by atomic mass is 16.6. The van der Waals surface area contributed by atoms with Gasteiger partial charge in [-0.15, -0.1) is 0 Å². The molecule has 0 aliphatic rings. The van der Waals surface area contributed by atoms with Crippen LogP contribution in [0.15, 0.2) is 95.8 Å². The molecule has 33 heavy (non-hydrogen) atoms. The van der Waals surface area contributed by atoms with Crippen molar-refractivity contribution in [3.63, 3.8) is 0 Å². The number of rotatable bonds is 8. The molecule has 3 aromatic carbocycles. The zero-order valence-electron chi connectivity index (χ0n) is 18.3. The maximum Gasteiger partial charge on any atom is 0.343 e. The van der Waals surface area contributed by atoms with Gasteiger partial charge in [0.2, 0.25) is 0 Å². The van der Waals surface area contributed by atoms with Crippen LogP contribution in [-0.2, 0) is 22.5 Å². The van der Waals surface area contributed by atoms with E-state index in [1.165, 1.54) is 11.8 Å². The predicted molar refractivity (Wildman–Crippen MR) is 127 cm³/mol. The van der Waals surface area contributed by atoms with E-state index in [0.717, 1.165) is 27.9 Å². The SMILES string of the molecule is COC(=O)COc1cccc(CCn2nc(-c3ccccc3)c(-c3ccccc3)cc2=O)c1. The minimum Gasteiger partial charge on any atom is -0.482 e. The molecule has 0 fully saturated rings. The van der Waals surface area contributed by atoms with Crippen LogP contribution in [0.4, 0.5) is 0 Å². The summed E-state index contributed by atoms with van der Waals surface area (Å²) in [6.45, 7) is 0.260. The van der Waals surface area contributed by atoms with Crippen molar-refractivity contribution in [2.45, 2.75) is 13.0 Å². The van der Waals surface area contributed by atoms with Crippen molar-refractivity contribution < 1.29 is 14.3 Å². The van der Waals surface area contributed by atoms with Crippen LogP contribution in [-0.4, -0.2) is 29.5 Å². The third kappa shape index (κ3) is 5.54. The molecule has 0 saturated carbocycles. The Morgan fingerprint density at radius 2 is 1.58 bits per heavy atom. The number of benzene rings is 3. The minimum absolute atomic E-state index is 0.150. The van der Waals surface area contributed by atoms with E-state index in [1.54, 1.807) is 12.1 Å². The molecule has 0 N–H and O–H groups in total. The van der Waals surface area contributed by atoms with Crippen LogP contribution in [0.25, 0.3) is 22.4 Å². The molecule has 0 saturated heterocycles. The number of esters is 1. The van der Waals surface area contributed by atoms with Gasteiger partial charge in [-0.25, -0.2) is 9.48 Å². The summed E-state index contributed by atoms with van der Waals surface area (Å²) in [6.07, 6.45) is 0.585. The summed E-state index contributed by atoms with van der Waals surface area (Å²) >= 11 is 0. The average molecular weight is 440 g/mol. The number of aryl methyl sites for hydroxylation is 2. The molecule has 0 aliphatic heterocycles. The van der Waals surface area contributed by atoms with E-state index in [0.29, 0.717) is 18.7 Å². The van der Waals surface area contributed by atoms with Crippen LogP contribution in [0.1, 0.15) is 5.56 Å². The molecule has 0 bridgehead atoms. The number of methoxy groups -OCH3 is 1. The number of nitrogens with zero attached hydrogens (tertiary/aromatic N) is 2. The van der Waals surface area contributed by atoms with E-state index in [9.17, 15) is 9.59 Å². The molecule has 0 aliphatic carbocycles. The molecule has 6 heteroatoms. The monoisotopic (exact) mass is 440 g/mol. The first-order valence-corrected chi connectivity index (χ1v) is 10.7. The van der Waals surface area contributed by atoms with E-state index in [-0.39, 0.29) is 12.2 Å². The Kier molecular flexibility index (Phi) is 6.95. The Morgan fingerprint density at radius 3 is 2.27 bits per heavy atom. The Labute approximate surface area is 192 Å². The number of hydrogen-bond acceptors (Lipinski definition) is 5. The number of aromatic nitrogens is 2. The van der Waals surface area contributed by atoms with Crippen molar-refractivity contribution in [3.05, 3.63) is 107 Å². The third-order valence-electron chi connectivity index (χ3n) is 5.23. The van der Waals surface area contributed by atoms with Crippen LogP contribution in [0, 0.1) is 0 Å². The van der Waals surface area contributed by atoms with Crippen LogP contribution in [0.2, 0.25) is 0 Å². The van der Waals surface area contributed by atoms with Crippen molar-refractivity contribution in [2.24, 2.45) is 0 Å². The summed E-state index contributed by atoms with van der Waals surface area (Å²) in [6, 6.07) is 28.7. The number of carbonyl (C=O) groups is 1. The highest BCUT2D eigenvalue weighted by molar-refractivity contribution is 5.80. The fourth-order valence-corrected chi connectivity index (χ4v) is 3.52. The molecule has 0 radical (unpaired) electrons. The molecule has 0 unspecified atom stereocenters. The van der Waals surface area contributed by atoms with Crippen LogP contribution < -0.4 is 10.3 Å². The van der Waals surface area contributed by atoms with Gasteiger partial charge in [0.15, 0.2) is 6.61 Å². The van der Waals surface area contributed by atoms with Crippen LogP contribution in [0.5, 0.6) is 5.75 Å². The van der Waals surface area contributed by atoms with Gasteiger partial charge in [0.05, 0.1) is 12.8 Å². The molecule has 0 spiro atoms. The van der Waals surface area contributed by atoms with E-state index in [4.69, 9.17) is 9.84 Å². The minimum atomic E-state index is -0.442. The van der Waals surface area contributed by atoms with Gasteiger partial charge >= 0.3 is 5.97 Å². The molecule has 0 atom stereocenters. The highest BCUT2D eigenvalue weighted by Crippen LogP contribution is 2.28. The van der Waals surface area contributed by atoms with Crippen molar-refractivity contribution in [2.75, 3.05) is 13.7 Å². The van der Waals surface area contributed by atoms with Gasteiger partial charge in [-0.3, -0.25) is 4.79 Å². The number of ether oxygens (including phenoxy) is 2. The topological polar surface area (TPSA) is 70.4 Å². The standard InChI is InChI=1S/C27H24N2O4/c1-32-26(31)19-33-23-14-8-9-20(17-23)15-16-29-25(30)18-24(21-10-4-2-5-11-21)27(28-29)22-12-6-3-7-13-22/h2-14,17-18H,15-16,19H2,1H3.